The van der Waals surface area contributed by atoms with Gasteiger partial charge in [-0.1, -0.05) is 35.6 Å². The number of nitrogens with zero attached hydrogens (tertiary/aromatic N) is 2. The third-order valence-corrected chi connectivity index (χ3v) is 4.72. The lowest BCUT2D eigenvalue weighted by atomic mass is 10.2. The average molecular weight is 366 g/mol. The van der Waals surface area contributed by atoms with Crippen LogP contribution in [0.2, 0.25) is 0 Å². The van der Waals surface area contributed by atoms with Gasteiger partial charge in [-0.25, -0.2) is 9.78 Å². The van der Waals surface area contributed by atoms with Crippen molar-refractivity contribution >= 4 is 49.5 Å². The van der Waals surface area contributed by atoms with Crippen molar-refractivity contribution in [2.75, 3.05) is 11.9 Å². The van der Waals surface area contributed by atoms with Crippen molar-refractivity contribution in [2.45, 2.75) is 6.92 Å². The number of fused-ring (bicyclic) bond motifs is 2. The van der Waals surface area contributed by atoms with Gasteiger partial charge in [-0.05, 0) is 30.7 Å². The van der Waals surface area contributed by atoms with Gasteiger partial charge in [0.25, 0.3) is 5.91 Å². The molecule has 0 aliphatic rings. The van der Waals surface area contributed by atoms with Gasteiger partial charge in [0, 0.05) is 5.39 Å². The molecule has 0 saturated carbocycles. The van der Waals surface area contributed by atoms with Crippen LogP contribution in [0.3, 0.4) is 0 Å². The van der Waals surface area contributed by atoms with Crippen LogP contribution in [0.15, 0.2) is 42.5 Å². The Balaban J connectivity index is 1.40. The molecule has 0 atom stereocenters. The van der Waals surface area contributed by atoms with Crippen LogP contribution < -0.4 is 5.32 Å². The van der Waals surface area contributed by atoms with Gasteiger partial charge < -0.3 is 4.74 Å². The number of esters is 1. The molecule has 0 aliphatic carbocycles. The predicted octanol–water partition coefficient (Wildman–Crippen LogP) is 3.28. The van der Waals surface area contributed by atoms with Gasteiger partial charge >= 0.3 is 5.97 Å². The molecule has 130 valence electrons. The lowest BCUT2D eigenvalue weighted by Gasteiger charge is -2.03. The number of carbonyl (C=O) groups excluding carboxylic acids is 2. The monoisotopic (exact) mass is 366 g/mol. The van der Waals surface area contributed by atoms with E-state index in [0.717, 1.165) is 21.3 Å². The van der Waals surface area contributed by atoms with Gasteiger partial charge in [-0.2, -0.15) is 5.10 Å². The van der Waals surface area contributed by atoms with Crippen molar-refractivity contribution in [1.82, 2.24) is 15.2 Å². The summed E-state index contributed by atoms with van der Waals surface area (Å²) < 4.78 is 6.05. The molecule has 1 amide bonds. The van der Waals surface area contributed by atoms with Crippen molar-refractivity contribution in [3.63, 3.8) is 0 Å². The third kappa shape index (κ3) is 3.14. The Labute approximate surface area is 152 Å². The minimum absolute atomic E-state index is 0.156. The molecule has 4 rings (SSSR count). The molecule has 2 N–H and O–H groups in total. The number of anilines is 1. The highest BCUT2D eigenvalue weighted by Crippen LogP contribution is 2.26. The van der Waals surface area contributed by atoms with E-state index >= 15 is 0 Å². The SMILES string of the molecule is Cc1ccc2nc(NC(=O)COC(=O)c3n[nH]c4ccccc34)sc2c1. The fraction of sp³-hybridized carbons (Fsp3) is 0.111. The first-order chi connectivity index (χ1) is 12.6. The Morgan fingerprint density at radius 3 is 2.96 bits per heavy atom. The maximum absolute atomic E-state index is 12.2. The van der Waals surface area contributed by atoms with Gasteiger partial charge in [-0.15, -0.1) is 0 Å². The molecule has 0 unspecified atom stereocenters. The number of aryl methyl sites for hydroxylation is 1. The number of H-pyrrole nitrogens is 1. The number of nitrogens with one attached hydrogen (secondary N) is 2. The summed E-state index contributed by atoms with van der Waals surface area (Å²) in [5.41, 5.74) is 2.83. The first-order valence-corrected chi connectivity index (χ1v) is 8.69. The maximum Gasteiger partial charge on any atom is 0.359 e. The molecule has 2 aromatic heterocycles. The van der Waals surface area contributed by atoms with Crippen LogP contribution in [0, 0.1) is 6.92 Å². The van der Waals surface area contributed by atoms with E-state index in [1.807, 2.05) is 31.2 Å². The minimum atomic E-state index is -0.655. The predicted molar refractivity (Wildman–Crippen MR) is 99.4 cm³/mol. The summed E-state index contributed by atoms with van der Waals surface area (Å²) in [5, 5.41) is 10.5. The van der Waals surface area contributed by atoms with Gasteiger partial charge in [-0.3, -0.25) is 15.2 Å². The quantitative estimate of drug-likeness (QED) is 0.540. The summed E-state index contributed by atoms with van der Waals surface area (Å²) in [5.74, 6) is -1.11. The summed E-state index contributed by atoms with van der Waals surface area (Å²) in [6.07, 6.45) is 0. The molecule has 26 heavy (non-hydrogen) atoms. The van der Waals surface area contributed by atoms with Crippen molar-refractivity contribution in [3.8, 4) is 0 Å². The number of amides is 1. The lowest BCUT2D eigenvalue weighted by molar-refractivity contribution is -0.119. The Bertz CT molecular complexity index is 1130. The topological polar surface area (TPSA) is 97.0 Å². The van der Waals surface area contributed by atoms with E-state index in [2.05, 4.69) is 20.5 Å². The lowest BCUT2D eigenvalue weighted by Crippen LogP contribution is -2.21. The first-order valence-electron chi connectivity index (χ1n) is 7.87. The van der Waals surface area contributed by atoms with E-state index in [1.54, 1.807) is 18.2 Å². The second-order valence-electron chi connectivity index (χ2n) is 5.73. The van der Waals surface area contributed by atoms with Crippen molar-refractivity contribution in [2.24, 2.45) is 0 Å². The summed E-state index contributed by atoms with van der Waals surface area (Å²) in [4.78, 5) is 28.5. The molecule has 4 aromatic rings. The molecule has 0 spiro atoms. The molecule has 8 heteroatoms. The largest absolute Gasteiger partial charge is 0.451 e. The highest BCUT2D eigenvalue weighted by Gasteiger charge is 2.17. The van der Waals surface area contributed by atoms with Crippen LogP contribution in [0.4, 0.5) is 5.13 Å². The molecule has 0 radical (unpaired) electrons. The molecule has 0 bridgehead atoms. The molecular weight excluding hydrogens is 352 g/mol. The summed E-state index contributed by atoms with van der Waals surface area (Å²) in [6.45, 7) is 1.59. The van der Waals surface area contributed by atoms with E-state index in [9.17, 15) is 9.59 Å². The third-order valence-electron chi connectivity index (χ3n) is 3.79. The number of carbonyl (C=O) groups is 2. The van der Waals surface area contributed by atoms with E-state index in [-0.39, 0.29) is 5.69 Å². The van der Waals surface area contributed by atoms with Crippen LogP contribution >= 0.6 is 11.3 Å². The second-order valence-corrected chi connectivity index (χ2v) is 6.76. The Hall–Kier alpha value is -3.26. The number of hydrogen-bond acceptors (Lipinski definition) is 6. The number of aromatic amines is 1. The van der Waals surface area contributed by atoms with E-state index in [0.29, 0.717) is 10.5 Å². The molecule has 2 aromatic carbocycles. The number of aromatic nitrogens is 3. The highest BCUT2D eigenvalue weighted by molar-refractivity contribution is 7.22. The number of thiazole rings is 1. The van der Waals surface area contributed by atoms with Gasteiger partial charge in [0.05, 0.1) is 15.7 Å². The van der Waals surface area contributed by atoms with Crippen LogP contribution in [-0.2, 0) is 9.53 Å². The van der Waals surface area contributed by atoms with Crippen molar-refractivity contribution in [1.29, 1.82) is 0 Å². The Morgan fingerprint density at radius 2 is 2.08 bits per heavy atom. The fourth-order valence-electron chi connectivity index (χ4n) is 2.56. The molecule has 0 fully saturated rings. The zero-order valence-electron chi connectivity index (χ0n) is 13.8. The molecule has 0 aliphatic heterocycles. The summed E-state index contributed by atoms with van der Waals surface area (Å²) in [6, 6.07) is 13.1. The van der Waals surface area contributed by atoms with Crippen molar-refractivity contribution < 1.29 is 14.3 Å². The standard InChI is InChI=1S/C18H14N4O3S/c1-10-6-7-13-14(8-10)26-18(19-13)20-15(23)9-25-17(24)16-11-4-2-3-5-12(11)21-22-16/h2-8H,9H2,1H3,(H,21,22)(H,19,20,23). The number of ether oxygens (including phenoxy) is 1. The maximum atomic E-state index is 12.2. The Morgan fingerprint density at radius 1 is 1.23 bits per heavy atom. The summed E-state index contributed by atoms with van der Waals surface area (Å²) >= 11 is 1.37. The number of rotatable bonds is 4. The van der Waals surface area contributed by atoms with E-state index < -0.39 is 18.5 Å². The molecular formula is C18H14N4O3S. The zero-order chi connectivity index (χ0) is 18.1. The molecule has 2 heterocycles. The van der Waals surface area contributed by atoms with Gasteiger partial charge in [0.1, 0.15) is 0 Å². The number of benzene rings is 2. The number of para-hydroxylation sites is 1. The minimum Gasteiger partial charge on any atom is -0.451 e. The van der Waals surface area contributed by atoms with Gasteiger partial charge in [0.15, 0.2) is 17.4 Å². The molecule has 0 saturated heterocycles. The normalized spacial score (nSPS) is 11.0. The zero-order valence-corrected chi connectivity index (χ0v) is 14.6. The number of hydrogen-bond donors (Lipinski definition) is 2. The average Bonchev–Trinajstić information content (AvgIpc) is 3.22. The van der Waals surface area contributed by atoms with Gasteiger partial charge in [0.2, 0.25) is 0 Å². The van der Waals surface area contributed by atoms with E-state index in [1.165, 1.54) is 11.3 Å². The van der Waals surface area contributed by atoms with Crippen molar-refractivity contribution in [3.05, 3.63) is 53.7 Å². The smallest absolute Gasteiger partial charge is 0.359 e. The van der Waals surface area contributed by atoms with Crippen LogP contribution in [0.1, 0.15) is 16.1 Å². The second kappa shape index (κ2) is 6.57. The van der Waals surface area contributed by atoms with Crippen LogP contribution in [-0.4, -0.2) is 33.7 Å². The van der Waals surface area contributed by atoms with Crippen LogP contribution in [0.5, 0.6) is 0 Å². The highest BCUT2D eigenvalue weighted by atomic mass is 32.1. The molecule has 7 nitrogen and oxygen atoms in total. The Kier molecular flexibility index (Phi) is 4.10. The van der Waals surface area contributed by atoms with E-state index in [4.69, 9.17) is 4.74 Å². The summed E-state index contributed by atoms with van der Waals surface area (Å²) in [7, 11) is 0. The first kappa shape index (κ1) is 16.2. The van der Waals surface area contributed by atoms with Crippen LogP contribution in [0.25, 0.3) is 21.1 Å². The fourth-order valence-corrected chi connectivity index (χ4v) is 3.54.